The van der Waals surface area contributed by atoms with Crippen LogP contribution in [0.1, 0.15) is 11.1 Å². The van der Waals surface area contributed by atoms with Crippen LogP contribution in [0.3, 0.4) is 0 Å². The highest BCUT2D eigenvalue weighted by atomic mass is 32.2. The summed E-state index contributed by atoms with van der Waals surface area (Å²) < 4.78 is 13.1. The molecule has 1 aliphatic heterocycles. The molecular formula is C17H15FN4S. The summed E-state index contributed by atoms with van der Waals surface area (Å²) in [6.07, 6.45) is 9.14. The average molecular weight is 326 g/mol. The Kier molecular flexibility index (Phi) is 4.83. The van der Waals surface area contributed by atoms with Gasteiger partial charge in [-0.3, -0.25) is 9.98 Å². The number of pyridine rings is 2. The van der Waals surface area contributed by atoms with E-state index in [0.717, 1.165) is 34.5 Å². The smallest absolute Gasteiger partial charge is 0.136 e. The van der Waals surface area contributed by atoms with E-state index in [1.807, 2.05) is 30.5 Å². The van der Waals surface area contributed by atoms with Gasteiger partial charge in [0.2, 0.25) is 0 Å². The van der Waals surface area contributed by atoms with E-state index >= 15 is 0 Å². The predicted molar refractivity (Wildman–Crippen MR) is 94.3 cm³/mol. The fourth-order valence-corrected chi connectivity index (χ4v) is 2.87. The van der Waals surface area contributed by atoms with Gasteiger partial charge in [-0.2, -0.15) is 3.89 Å². The van der Waals surface area contributed by atoms with Gasteiger partial charge >= 0.3 is 0 Å². The van der Waals surface area contributed by atoms with Crippen molar-refractivity contribution >= 4 is 35.7 Å². The lowest BCUT2D eigenvalue weighted by molar-refractivity contribution is 0.916. The van der Waals surface area contributed by atoms with Crippen molar-refractivity contribution in [3.8, 4) is 0 Å². The van der Waals surface area contributed by atoms with Crippen LogP contribution in [0.4, 0.5) is 9.57 Å². The monoisotopic (exact) mass is 326 g/mol. The third kappa shape index (κ3) is 3.32. The summed E-state index contributed by atoms with van der Waals surface area (Å²) in [5.74, 6) is 0. The second kappa shape index (κ2) is 7.19. The maximum atomic E-state index is 13.1. The normalized spacial score (nSPS) is 15.3. The van der Waals surface area contributed by atoms with Crippen molar-refractivity contribution in [2.45, 2.75) is 5.03 Å². The number of allylic oxidation sites excluding steroid dienone is 2. The van der Waals surface area contributed by atoms with E-state index in [0.29, 0.717) is 11.6 Å². The van der Waals surface area contributed by atoms with Gasteiger partial charge in [0.15, 0.2) is 0 Å². The number of anilines is 1. The summed E-state index contributed by atoms with van der Waals surface area (Å²) in [5, 5.41) is 3.66. The molecule has 2 aromatic rings. The topological polar surface area (TPSA) is 50.2 Å². The molecule has 0 amide bonds. The highest BCUT2D eigenvalue weighted by Gasteiger charge is 2.15. The number of nitrogens with zero attached hydrogens (tertiary/aromatic N) is 3. The Morgan fingerprint density at radius 1 is 1.43 bits per heavy atom. The quantitative estimate of drug-likeness (QED) is 0.842. The van der Waals surface area contributed by atoms with Crippen molar-refractivity contribution in [3.05, 3.63) is 60.1 Å². The summed E-state index contributed by atoms with van der Waals surface area (Å²) in [5.41, 5.74) is 4.90. The fourth-order valence-electron chi connectivity index (χ4n) is 2.48. The molecule has 0 aliphatic carbocycles. The Morgan fingerprint density at radius 2 is 2.35 bits per heavy atom. The van der Waals surface area contributed by atoms with Crippen LogP contribution in [0, 0.1) is 0 Å². The zero-order chi connectivity index (χ0) is 16.1. The van der Waals surface area contributed by atoms with Crippen LogP contribution in [0.25, 0.3) is 11.1 Å². The SMILES string of the molecule is C=NC/C(=C\C=C1/CNc2ccncc21)c1cccnc1SF. The largest absolute Gasteiger partial charge is 0.380 e. The maximum absolute atomic E-state index is 13.1. The first-order valence-electron chi connectivity index (χ1n) is 7.08. The van der Waals surface area contributed by atoms with Crippen LogP contribution in [0.5, 0.6) is 0 Å². The molecule has 3 heterocycles. The van der Waals surface area contributed by atoms with Crippen LogP contribution < -0.4 is 5.32 Å². The first-order chi connectivity index (χ1) is 11.3. The van der Waals surface area contributed by atoms with Crippen molar-refractivity contribution < 1.29 is 3.89 Å². The minimum absolute atomic E-state index is 0.139. The van der Waals surface area contributed by atoms with Gasteiger partial charge in [0.25, 0.3) is 0 Å². The van der Waals surface area contributed by atoms with Crippen molar-refractivity contribution in [1.82, 2.24) is 9.97 Å². The third-order valence-electron chi connectivity index (χ3n) is 3.59. The minimum Gasteiger partial charge on any atom is -0.380 e. The Morgan fingerprint density at radius 3 is 3.17 bits per heavy atom. The van der Waals surface area contributed by atoms with Crippen LogP contribution in [0.15, 0.2) is 59.0 Å². The third-order valence-corrected chi connectivity index (χ3v) is 4.07. The predicted octanol–water partition coefficient (Wildman–Crippen LogP) is 4.05. The number of rotatable bonds is 5. The first-order valence-corrected chi connectivity index (χ1v) is 7.79. The Hall–Kier alpha value is -2.47. The van der Waals surface area contributed by atoms with Gasteiger partial charge in [0.1, 0.15) is 17.2 Å². The van der Waals surface area contributed by atoms with Crippen molar-refractivity contribution in [3.63, 3.8) is 0 Å². The molecule has 3 rings (SSSR count). The number of halogens is 1. The van der Waals surface area contributed by atoms with E-state index in [2.05, 4.69) is 27.0 Å². The summed E-state index contributed by atoms with van der Waals surface area (Å²) in [4.78, 5) is 12.2. The molecule has 0 spiro atoms. The average Bonchev–Trinajstić information content (AvgIpc) is 3.02. The van der Waals surface area contributed by atoms with E-state index in [1.165, 1.54) is 0 Å². The molecular weight excluding hydrogens is 311 g/mol. The van der Waals surface area contributed by atoms with Crippen LogP contribution >= 0.6 is 12.1 Å². The summed E-state index contributed by atoms with van der Waals surface area (Å²) >= 11 is 0.139. The van der Waals surface area contributed by atoms with Crippen LogP contribution in [0.2, 0.25) is 0 Å². The molecule has 0 saturated carbocycles. The van der Waals surface area contributed by atoms with E-state index in [1.54, 1.807) is 18.5 Å². The Balaban J connectivity index is 1.98. The fraction of sp³-hybridized carbons (Fsp3) is 0.118. The van der Waals surface area contributed by atoms with Gasteiger partial charge in [0, 0.05) is 41.9 Å². The molecule has 0 saturated heterocycles. The summed E-state index contributed by atoms with van der Waals surface area (Å²) in [6.45, 7) is 4.68. The molecule has 0 fully saturated rings. The van der Waals surface area contributed by atoms with Gasteiger partial charge in [-0.1, -0.05) is 18.2 Å². The van der Waals surface area contributed by atoms with Crippen LogP contribution in [-0.2, 0) is 0 Å². The Bertz CT molecular complexity index is 786. The lowest BCUT2D eigenvalue weighted by atomic mass is 10.1. The molecule has 0 bridgehead atoms. The molecule has 0 radical (unpaired) electrons. The second-order valence-electron chi connectivity index (χ2n) is 4.97. The highest BCUT2D eigenvalue weighted by molar-refractivity contribution is 7.94. The molecule has 1 N–H and O–H groups in total. The van der Waals surface area contributed by atoms with E-state index < -0.39 is 0 Å². The zero-order valence-corrected chi connectivity index (χ0v) is 13.2. The number of aliphatic imine (C=N–C) groups is 1. The van der Waals surface area contributed by atoms with Crippen molar-refractivity contribution in [2.24, 2.45) is 4.99 Å². The molecule has 23 heavy (non-hydrogen) atoms. The number of aromatic nitrogens is 2. The standard InChI is InChI=1S/C17H15FN4S/c1-19-9-12(14-3-2-7-21-17(14)23-18)4-5-13-10-22-16-6-8-20-11-15(13)16/h2-8,11,22H,1,9-10H2/b12-4+,13-5+. The minimum atomic E-state index is 0.139. The molecule has 0 atom stereocenters. The van der Waals surface area contributed by atoms with E-state index in [4.69, 9.17) is 0 Å². The highest BCUT2D eigenvalue weighted by Crippen LogP contribution is 2.31. The lowest BCUT2D eigenvalue weighted by Crippen LogP contribution is -1.94. The number of hydrogen-bond acceptors (Lipinski definition) is 5. The second-order valence-corrected chi connectivity index (χ2v) is 5.51. The molecule has 116 valence electrons. The molecule has 2 aromatic heterocycles. The van der Waals surface area contributed by atoms with Gasteiger partial charge in [-0.05, 0) is 30.0 Å². The summed E-state index contributed by atoms with van der Waals surface area (Å²) in [6, 6.07) is 5.58. The number of fused-ring (bicyclic) bond motifs is 1. The molecule has 0 aromatic carbocycles. The van der Waals surface area contributed by atoms with Crippen LogP contribution in [-0.4, -0.2) is 29.8 Å². The molecule has 0 unspecified atom stereocenters. The van der Waals surface area contributed by atoms with E-state index in [-0.39, 0.29) is 12.1 Å². The first kappa shape index (κ1) is 15.4. The van der Waals surface area contributed by atoms with E-state index in [9.17, 15) is 3.89 Å². The summed E-state index contributed by atoms with van der Waals surface area (Å²) in [7, 11) is 0. The number of nitrogens with one attached hydrogen (secondary N) is 1. The number of hydrogen-bond donors (Lipinski definition) is 1. The lowest BCUT2D eigenvalue weighted by Gasteiger charge is -2.07. The molecule has 1 aliphatic rings. The van der Waals surface area contributed by atoms with Gasteiger partial charge < -0.3 is 5.32 Å². The van der Waals surface area contributed by atoms with Crippen molar-refractivity contribution in [1.29, 1.82) is 0 Å². The molecule has 6 heteroatoms. The maximum Gasteiger partial charge on any atom is 0.136 e. The van der Waals surface area contributed by atoms with Gasteiger partial charge in [0.05, 0.1) is 6.54 Å². The van der Waals surface area contributed by atoms with Gasteiger partial charge in [-0.15, -0.1) is 0 Å². The zero-order valence-electron chi connectivity index (χ0n) is 12.4. The molecule has 4 nitrogen and oxygen atoms in total. The Labute approximate surface area is 138 Å². The van der Waals surface area contributed by atoms with Crippen molar-refractivity contribution in [2.75, 3.05) is 18.4 Å². The van der Waals surface area contributed by atoms with Gasteiger partial charge in [-0.25, -0.2) is 4.98 Å².